The van der Waals surface area contributed by atoms with Gasteiger partial charge in [-0.3, -0.25) is 4.79 Å². The van der Waals surface area contributed by atoms with E-state index in [1.165, 1.54) is 5.56 Å². The molecule has 7 heteroatoms. The number of amides is 1. The Hall–Kier alpha value is -4.00. The van der Waals surface area contributed by atoms with Gasteiger partial charge in [0, 0.05) is 5.56 Å². The number of carbonyl (C=O) groups excluding carboxylic acids is 1. The first-order valence-electron chi connectivity index (χ1n) is 11.7. The summed E-state index contributed by atoms with van der Waals surface area (Å²) >= 11 is 0. The van der Waals surface area contributed by atoms with E-state index in [-0.39, 0.29) is 12.5 Å². The Labute approximate surface area is 205 Å². The lowest BCUT2D eigenvalue weighted by molar-refractivity contribution is 0.0949. The summed E-state index contributed by atoms with van der Waals surface area (Å²) in [4.78, 5) is 17.6. The van der Waals surface area contributed by atoms with E-state index in [0.29, 0.717) is 36.1 Å². The number of imidazole rings is 1. The topological polar surface area (TPSA) is 74.6 Å². The van der Waals surface area contributed by atoms with Crippen molar-refractivity contribution in [3.63, 3.8) is 0 Å². The molecule has 1 aromatic heterocycles. The molecule has 0 bridgehead atoms. The number of para-hydroxylation sites is 2. The number of nitrogens with zero attached hydrogens (tertiary/aromatic N) is 2. The highest BCUT2D eigenvalue weighted by Gasteiger charge is 2.14. The number of rotatable bonds is 10. The Balaban J connectivity index is 1.46. The molecular weight excluding hydrogens is 442 g/mol. The third-order valence-corrected chi connectivity index (χ3v) is 5.92. The van der Waals surface area contributed by atoms with Crippen LogP contribution < -0.4 is 19.5 Å². The lowest BCUT2D eigenvalue weighted by Gasteiger charge is -2.13. The van der Waals surface area contributed by atoms with Crippen LogP contribution in [-0.4, -0.2) is 36.3 Å². The normalized spacial score (nSPS) is 11.0. The number of methoxy groups -OCH3 is 2. The van der Waals surface area contributed by atoms with Gasteiger partial charge < -0.3 is 24.1 Å². The van der Waals surface area contributed by atoms with E-state index < -0.39 is 0 Å². The van der Waals surface area contributed by atoms with Crippen LogP contribution in [0.3, 0.4) is 0 Å². The summed E-state index contributed by atoms with van der Waals surface area (Å²) in [5.41, 5.74) is 3.65. The van der Waals surface area contributed by atoms with E-state index >= 15 is 0 Å². The largest absolute Gasteiger partial charge is 0.493 e. The average Bonchev–Trinajstić information content (AvgIpc) is 3.24. The van der Waals surface area contributed by atoms with Gasteiger partial charge >= 0.3 is 0 Å². The van der Waals surface area contributed by atoms with Crippen LogP contribution in [0.1, 0.15) is 41.5 Å². The van der Waals surface area contributed by atoms with E-state index in [9.17, 15) is 4.79 Å². The van der Waals surface area contributed by atoms with Crippen molar-refractivity contribution in [3.8, 4) is 17.2 Å². The smallest absolute Gasteiger partial charge is 0.251 e. The van der Waals surface area contributed by atoms with E-state index in [4.69, 9.17) is 19.2 Å². The van der Waals surface area contributed by atoms with Crippen LogP contribution in [0.15, 0.2) is 66.7 Å². The summed E-state index contributed by atoms with van der Waals surface area (Å²) in [5, 5.41) is 2.97. The molecule has 1 heterocycles. The van der Waals surface area contributed by atoms with Gasteiger partial charge in [-0.15, -0.1) is 0 Å². The van der Waals surface area contributed by atoms with E-state index in [2.05, 4.69) is 35.9 Å². The minimum atomic E-state index is -0.217. The van der Waals surface area contributed by atoms with Crippen molar-refractivity contribution in [1.82, 2.24) is 14.9 Å². The van der Waals surface area contributed by atoms with Crippen LogP contribution in [0.25, 0.3) is 11.0 Å². The summed E-state index contributed by atoms with van der Waals surface area (Å²) < 4.78 is 18.7. The molecule has 1 amide bonds. The summed E-state index contributed by atoms with van der Waals surface area (Å²) in [7, 11) is 3.11. The Morgan fingerprint density at radius 3 is 2.43 bits per heavy atom. The van der Waals surface area contributed by atoms with Crippen molar-refractivity contribution in [3.05, 3.63) is 83.7 Å². The quantitative estimate of drug-likeness (QED) is 0.343. The number of aromatic nitrogens is 2. The summed E-state index contributed by atoms with van der Waals surface area (Å²) in [5.74, 6) is 2.95. The predicted molar refractivity (Wildman–Crippen MR) is 136 cm³/mol. The van der Waals surface area contributed by atoms with Gasteiger partial charge in [-0.2, -0.15) is 0 Å². The molecule has 0 aliphatic rings. The van der Waals surface area contributed by atoms with Crippen molar-refractivity contribution in [2.75, 3.05) is 20.8 Å². The molecule has 0 aliphatic carbocycles. The zero-order valence-electron chi connectivity index (χ0n) is 20.6. The molecule has 182 valence electrons. The maximum atomic E-state index is 12.8. The van der Waals surface area contributed by atoms with Crippen molar-refractivity contribution in [2.24, 2.45) is 0 Å². The van der Waals surface area contributed by atoms with Crippen molar-refractivity contribution >= 4 is 16.9 Å². The number of fused-ring (bicyclic) bond motifs is 1. The highest BCUT2D eigenvalue weighted by molar-refractivity contribution is 5.94. The van der Waals surface area contributed by atoms with Gasteiger partial charge in [-0.1, -0.05) is 38.1 Å². The minimum absolute atomic E-state index is 0.217. The maximum Gasteiger partial charge on any atom is 0.251 e. The minimum Gasteiger partial charge on any atom is -0.493 e. The SMILES string of the molecule is COc1ccc(C(=O)NCc2nc3ccccc3n2CCOc2ccc(C(C)C)cc2)cc1OC. The monoisotopic (exact) mass is 473 g/mol. The molecule has 7 nitrogen and oxygen atoms in total. The fourth-order valence-electron chi connectivity index (χ4n) is 3.95. The summed E-state index contributed by atoms with van der Waals surface area (Å²) in [6, 6.07) is 21.2. The predicted octanol–water partition coefficient (Wildman–Crippen LogP) is 5.19. The first kappa shape index (κ1) is 24.1. The van der Waals surface area contributed by atoms with E-state index in [1.807, 2.05) is 36.4 Å². The van der Waals surface area contributed by atoms with Gasteiger partial charge in [0.1, 0.15) is 18.2 Å². The molecule has 0 aliphatic heterocycles. The third kappa shape index (κ3) is 5.57. The maximum absolute atomic E-state index is 12.8. The van der Waals surface area contributed by atoms with Gasteiger partial charge in [-0.25, -0.2) is 4.98 Å². The van der Waals surface area contributed by atoms with Crippen molar-refractivity contribution < 1.29 is 19.0 Å². The highest BCUT2D eigenvalue weighted by atomic mass is 16.5. The molecule has 0 radical (unpaired) electrons. The molecule has 0 fully saturated rings. The van der Waals surface area contributed by atoms with Gasteiger partial charge in [-0.05, 0) is 53.9 Å². The Morgan fingerprint density at radius 1 is 0.971 bits per heavy atom. The molecule has 0 unspecified atom stereocenters. The standard InChI is InChI=1S/C28H31N3O4/c1-19(2)20-9-12-22(13-10-20)35-16-15-31-24-8-6-5-7-23(24)30-27(31)18-29-28(32)21-11-14-25(33-3)26(17-21)34-4/h5-14,17,19H,15-16,18H2,1-4H3,(H,29,32). The van der Waals surface area contributed by atoms with Crippen molar-refractivity contribution in [1.29, 1.82) is 0 Å². The fourth-order valence-corrected chi connectivity index (χ4v) is 3.95. The molecule has 0 spiro atoms. The van der Waals surface area contributed by atoms with E-state index in [1.54, 1.807) is 32.4 Å². The third-order valence-electron chi connectivity index (χ3n) is 5.92. The second-order valence-electron chi connectivity index (χ2n) is 8.49. The molecule has 4 rings (SSSR count). The van der Waals surface area contributed by atoms with Crippen LogP contribution in [0.4, 0.5) is 0 Å². The zero-order valence-corrected chi connectivity index (χ0v) is 20.6. The van der Waals surface area contributed by atoms with E-state index in [0.717, 1.165) is 22.6 Å². The molecule has 4 aromatic rings. The van der Waals surface area contributed by atoms with Gasteiger partial charge in [0.2, 0.25) is 0 Å². The molecule has 0 saturated carbocycles. The number of benzene rings is 3. The van der Waals surface area contributed by atoms with Crippen LogP contribution in [-0.2, 0) is 13.1 Å². The number of ether oxygens (including phenoxy) is 3. The summed E-state index contributed by atoms with van der Waals surface area (Å²) in [6.45, 7) is 5.72. The van der Waals surface area contributed by atoms with Crippen molar-refractivity contribution in [2.45, 2.75) is 32.9 Å². The van der Waals surface area contributed by atoms with Gasteiger partial charge in [0.05, 0.1) is 38.3 Å². The number of nitrogens with one attached hydrogen (secondary N) is 1. The lowest BCUT2D eigenvalue weighted by Crippen LogP contribution is -2.25. The number of carbonyl (C=O) groups is 1. The Morgan fingerprint density at radius 2 is 1.71 bits per heavy atom. The summed E-state index contributed by atoms with van der Waals surface area (Å²) in [6.07, 6.45) is 0. The molecular formula is C28H31N3O4. The van der Waals surface area contributed by atoms with Crippen LogP contribution in [0.2, 0.25) is 0 Å². The number of hydrogen-bond acceptors (Lipinski definition) is 5. The molecule has 35 heavy (non-hydrogen) atoms. The average molecular weight is 474 g/mol. The second kappa shape index (κ2) is 11.0. The second-order valence-corrected chi connectivity index (χ2v) is 8.49. The Bertz CT molecular complexity index is 1300. The number of hydrogen-bond donors (Lipinski definition) is 1. The first-order valence-corrected chi connectivity index (χ1v) is 11.7. The molecule has 1 N–H and O–H groups in total. The Kier molecular flexibility index (Phi) is 7.55. The van der Waals surface area contributed by atoms with Crippen LogP contribution >= 0.6 is 0 Å². The van der Waals surface area contributed by atoms with Crippen LogP contribution in [0, 0.1) is 0 Å². The zero-order chi connectivity index (χ0) is 24.8. The molecule has 0 saturated heterocycles. The lowest BCUT2D eigenvalue weighted by atomic mass is 10.0. The van der Waals surface area contributed by atoms with Crippen LogP contribution in [0.5, 0.6) is 17.2 Å². The first-order chi connectivity index (χ1) is 17.0. The fraction of sp³-hybridized carbons (Fsp3) is 0.286. The van der Waals surface area contributed by atoms with Gasteiger partial charge in [0.25, 0.3) is 5.91 Å². The molecule has 0 atom stereocenters. The highest BCUT2D eigenvalue weighted by Crippen LogP contribution is 2.27. The molecule has 3 aromatic carbocycles. The van der Waals surface area contributed by atoms with Gasteiger partial charge in [0.15, 0.2) is 11.5 Å².